The molecule has 0 spiro atoms. The number of carbonyl (C=O) groups excluding carboxylic acids is 1. The van der Waals surface area contributed by atoms with E-state index < -0.39 is 23.6 Å². The lowest BCUT2D eigenvalue weighted by Crippen LogP contribution is -2.31. The molecule has 1 aliphatic heterocycles. The summed E-state index contributed by atoms with van der Waals surface area (Å²) >= 11 is 3.28. The topological polar surface area (TPSA) is 59.2 Å². The summed E-state index contributed by atoms with van der Waals surface area (Å²) in [5.74, 6) is -2.01. The third-order valence-corrected chi connectivity index (χ3v) is 3.74. The van der Waals surface area contributed by atoms with Crippen molar-refractivity contribution in [2.45, 2.75) is 12.6 Å². The zero-order valence-electron chi connectivity index (χ0n) is 10.7. The van der Waals surface area contributed by atoms with Gasteiger partial charge in [-0.1, -0.05) is 0 Å². The van der Waals surface area contributed by atoms with E-state index in [0.717, 1.165) is 22.2 Å². The lowest BCUT2D eigenvalue weighted by atomic mass is 10.1. The highest BCUT2D eigenvalue weighted by Gasteiger charge is 2.37. The van der Waals surface area contributed by atoms with Gasteiger partial charge < -0.3 is 10.6 Å². The fourth-order valence-electron chi connectivity index (χ4n) is 2.40. The van der Waals surface area contributed by atoms with Crippen LogP contribution in [0.2, 0.25) is 0 Å². The molecule has 2 N–H and O–H groups in total. The number of rotatable bonds is 2. The largest absolute Gasteiger partial charge is 0.316 e. The summed E-state index contributed by atoms with van der Waals surface area (Å²) in [6, 6.07) is 2.52. The lowest BCUT2D eigenvalue weighted by Gasteiger charge is -2.17. The van der Waals surface area contributed by atoms with E-state index in [9.17, 15) is 13.6 Å². The number of aromatic nitrogens is 1. The molecule has 2 heterocycles. The van der Waals surface area contributed by atoms with Crippen LogP contribution in [0, 0.1) is 11.6 Å². The third kappa shape index (κ3) is 2.43. The maximum Gasteiger partial charge on any atom is 0.249 e. The van der Waals surface area contributed by atoms with Gasteiger partial charge in [-0.25, -0.2) is 8.78 Å². The van der Waals surface area contributed by atoms with Crippen LogP contribution in [0.4, 0.5) is 14.5 Å². The molecule has 1 aromatic carbocycles. The molecule has 1 unspecified atom stereocenters. The molecule has 21 heavy (non-hydrogen) atoms. The predicted molar refractivity (Wildman–Crippen MR) is 76.4 cm³/mol. The molecule has 0 saturated heterocycles. The standard InChI is InChI=1S/C14H10BrF2N3O/c15-8-1-7(4-19-5-8)6-20-11-3-9(16)2-10(17)12(11)13(18)14(20)21/h1-5,13H,6,18H2. The molecule has 1 atom stereocenters. The number of benzene rings is 1. The van der Waals surface area contributed by atoms with Crippen molar-refractivity contribution in [2.75, 3.05) is 4.90 Å². The van der Waals surface area contributed by atoms with Gasteiger partial charge in [-0.05, 0) is 33.6 Å². The minimum absolute atomic E-state index is 0.0318. The second-order valence-electron chi connectivity index (χ2n) is 4.73. The van der Waals surface area contributed by atoms with Crippen molar-refractivity contribution in [1.29, 1.82) is 0 Å². The minimum atomic E-state index is -1.11. The maximum atomic E-state index is 13.8. The highest BCUT2D eigenvalue weighted by atomic mass is 79.9. The first-order chi connectivity index (χ1) is 9.97. The van der Waals surface area contributed by atoms with Crippen molar-refractivity contribution >= 4 is 27.5 Å². The Kier molecular flexibility index (Phi) is 3.46. The van der Waals surface area contributed by atoms with Crippen LogP contribution in [0.15, 0.2) is 35.1 Å². The zero-order chi connectivity index (χ0) is 15.1. The monoisotopic (exact) mass is 353 g/mol. The Morgan fingerprint density at radius 1 is 1.29 bits per heavy atom. The number of nitrogens with two attached hydrogens (primary N) is 1. The molecule has 1 amide bonds. The van der Waals surface area contributed by atoms with Crippen LogP contribution in [-0.4, -0.2) is 10.9 Å². The normalized spacial score (nSPS) is 17.2. The Morgan fingerprint density at radius 2 is 2.05 bits per heavy atom. The summed E-state index contributed by atoms with van der Waals surface area (Å²) < 4.78 is 28.0. The number of carbonyl (C=O) groups is 1. The molecule has 0 fully saturated rings. The second kappa shape index (κ2) is 5.16. The van der Waals surface area contributed by atoms with Gasteiger partial charge in [0.25, 0.3) is 0 Å². The van der Waals surface area contributed by atoms with Crippen molar-refractivity contribution in [1.82, 2.24) is 4.98 Å². The summed E-state index contributed by atoms with van der Waals surface area (Å²) in [6.45, 7) is 0.148. The van der Waals surface area contributed by atoms with Crippen LogP contribution < -0.4 is 10.6 Å². The average molecular weight is 354 g/mol. The first-order valence-electron chi connectivity index (χ1n) is 6.12. The van der Waals surface area contributed by atoms with Crippen LogP contribution in [-0.2, 0) is 11.3 Å². The Hall–Kier alpha value is -1.86. The molecule has 1 aliphatic rings. The lowest BCUT2D eigenvalue weighted by molar-refractivity contribution is -0.119. The zero-order valence-corrected chi connectivity index (χ0v) is 12.3. The van der Waals surface area contributed by atoms with E-state index in [2.05, 4.69) is 20.9 Å². The van der Waals surface area contributed by atoms with Crippen molar-refractivity contribution in [3.05, 3.63) is 57.8 Å². The molecular formula is C14H10BrF2N3O. The van der Waals surface area contributed by atoms with E-state index in [1.165, 1.54) is 4.90 Å². The quantitative estimate of drug-likeness (QED) is 0.902. The predicted octanol–water partition coefficient (Wildman–Crippen LogP) is 2.67. The number of hydrogen-bond acceptors (Lipinski definition) is 3. The fraction of sp³-hybridized carbons (Fsp3) is 0.143. The van der Waals surface area contributed by atoms with Crippen LogP contribution >= 0.6 is 15.9 Å². The molecule has 7 heteroatoms. The fourth-order valence-corrected chi connectivity index (χ4v) is 2.81. The van der Waals surface area contributed by atoms with Gasteiger partial charge in [-0.15, -0.1) is 0 Å². The van der Waals surface area contributed by atoms with Crippen LogP contribution in [0.1, 0.15) is 17.2 Å². The van der Waals surface area contributed by atoms with Crippen molar-refractivity contribution in [3.8, 4) is 0 Å². The summed E-state index contributed by atoms with van der Waals surface area (Å²) in [4.78, 5) is 17.5. The highest BCUT2D eigenvalue weighted by Crippen LogP contribution is 2.38. The van der Waals surface area contributed by atoms with E-state index in [-0.39, 0.29) is 17.8 Å². The number of halogens is 3. The van der Waals surface area contributed by atoms with Crippen molar-refractivity contribution in [3.63, 3.8) is 0 Å². The van der Waals surface area contributed by atoms with Gasteiger partial charge in [0.05, 0.1) is 12.2 Å². The van der Waals surface area contributed by atoms with Gasteiger partial charge in [0.15, 0.2) is 0 Å². The molecule has 0 saturated carbocycles. The Labute approximate surface area is 127 Å². The minimum Gasteiger partial charge on any atom is -0.316 e. The van der Waals surface area contributed by atoms with Gasteiger partial charge in [-0.2, -0.15) is 0 Å². The Morgan fingerprint density at radius 3 is 2.76 bits per heavy atom. The van der Waals surface area contributed by atoms with Crippen molar-refractivity contribution < 1.29 is 13.6 Å². The number of fused-ring (bicyclic) bond motifs is 1. The summed E-state index contributed by atoms with van der Waals surface area (Å²) in [7, 11) is 0. The molecule has 4 nitrogen and oxygen atoms in total. The number of pyridine rings is 1. The second-order valence-corrected chi connectivity index (χ2v) is 5.65. The molecule has 1 aromatic heterocycles. The molecule has 2 aromatic rings. The number of amides is 1. The third-order valence-electron chi connectivity index (χ3n) is 3.31. The first-order valence-corrected chi connectivity index (χ1v) is 6.92. The molecule has 0 radical (unpaired) electrons. The van der Waals surface area contributed by atoms with Gasteiger partial charge in [0.2, 0.25) is 5.91 Å². The number of hydrogen-bond donors (Lipinski definition) is 1. The molecular weight excluding hydrogens is 344 g/mol. The van der Waals surface area contributed by atoms with Gasteiger partial charge in [0, 0.05) is 28.5 Å². The van der Waals surface area contributed by atoms with Crippen LogP contribution in [0.5, 0.6) is 0 Å². The molecule has 3 rings (SSSR count). The van der Waals surface area contributed by atoms with Crippen LogP contribution in [0.25, 0.3) is 0 Å². The number of anilines is 1. The Balaban J connectivity index is 2.03. The average Bonchev–Trinajstić information content (AvgIpc) is 2.64. The van der Waals surface area contributed by atoms with E-state index in [4.69, 9.17) is 5.73 Å². The first kappa shape index (κ1) is 14.1. The van der Waals surface area contributed by atoms with Gasteiger partial charge in [0.1, 0.15) is 17.7 Å². The SMILES string of the molecule is NC1C(=O)N(Cc2cncc(Br)c2)c2cc(F)cc(F)c21. The Bertz CT molecular complexity index is 738. The highest BCUT2D eigenvalue weighted by molar-refractivity contribution is 9.10. The molecule has 0 aliphatic carbocycles. The summed E-state index contributed by atoms with van der Waals surface area (Å²) in [5.41, 5.74) is 6.66. The molecule has 0 bridgehead atoms. The van der Waals surface area contributed by atoms with E-state index in [1.807, 2.05) is 0 Å². The van der Waals surface area contributed by atoms with E-state index >= 15 is 0 Å². The maximum absolute atomic E-state index is 13.8. The summed E-state index contributed by atoms with van der Waals surface area (Å²) in [5, 5.41) is 0. The molecule has 108 valence electrons. The van der Waals surface area contributed by atoms with Crippen molar-refractivity contribution in [2.24, 2.45) is 5.73 Å². The van der Waals surface area contributed by atoms with Crippen LogP contribution in [0.3, 0.4) is 0 Å². The van der Waals surface area contributed by atoms with Gasteiger partial charge in [-0.3, -0.25) is 9.78 Å². The van der Waals surface area contributed by atoms with Gasteiger partial charge >= 0.3 is 0 Å². The van der Waals surface area contributed by atoms with E-state index in [1.54, 1.807) is 18.5 Å². The smallest absolute Gasteiger partial charge is 0.249 e. The number of nitrogens with zero attached hydrogens (tertiary/aromatic N) is 2. The van der Waals surface area contributed by atoms with E-state index in [0.29, 0.717) is 0 Å². The summed E-state index contributed by atoms with van der Waals surface area (Å²) in [6.07, 6.45) is 3.19.